The minimum Gasteiger partial charge on any atom is -0.443 e. The monoisotopic (exact) mass is 407 g/mol. The number of oxazole rings is 1. The van der Waals surface area contributed by atoms with E-state index < -0.39 is 0 Å². The zero-order valence-corrected chi connectivity index (χ0v) is 17.4. The number of aromatic nitrogens is 1. The van der Waals surface area contributed by atoms with E-state index >= 15 is 0 Å². The maximum Gasteiger partial charge on any atom is 0.273 e. The van der Waals surface area contributed by atoms with Gasteiger partial charge in [0.15, 0.2) is 17.8 Å². The molecular formula is C24H29N3O3. The first-order valence-corrected chi connectivity index (χ1v) is 11.0. The number of nitrogens with zero attached hydrogens (tertiary/aromatic N) is 2. The van der Waals surface area contributed by atoms with E-state index in [-0.39, 0.29) is 17.5 Å². The maximum absolute atomic E-state index is 13.1. The van der Waals surface area contributed by atoms with Gasteiger partial charge < -0.3 is 14.6 Å². The van der Waals surface area contributed by atoms with E-state index in [1.54, 1.807) is 6.07 Å². The zero-order chi connectivity index (χ0) is 20.8. The van der Waals surface area contributed by atoms with Crippen LogP contribution in [0.5, 0.6) is 0 Å². The Balaban J connectivity index is 1.49. The molecule has 6 nitrogen and oxygen atoms in total. The van der Waals surface area contributed by atoms with Crippen molar-refractivity contribution >= 4 is 11.8 Å². The van der Waals surface area contributed by atoms with Crippen molar-refractivity contribution < 1.29 is 14.0 Å². The van der Waals surface area contributed by atoms with Crippen molar-refractivity contribution in [1.82, 2.24) is 15.2 Å². The first kappa shape index (κ1) is 20.4. The molecule has 2 aliphatic rings. The first-order valence-electron chi connectivity index (χ1n) is 11.0. The minimum atomic E-state index is -0.268. The average molecular weight is 408 g/mol. The Morgan fingerprint density at radius 1 is 1.07 bits per heavy atom. The second-order valence-corrected chi connectivity index (χ2v) is 8.04. The van der Waals surface area contributed by atoms with Gasteiger partial charge in [-0.25, -0.2) is 4.98 Å². The lowest BCUT2D eigenvalue weighted by molar-refractivity contribution is 0.0724. The molecule has 0 atom stereocenters. The summed E-state index contributed by atoms with van der Waals surface area (Å²) in [7, 11) is 0. The third-order valence-electron chi connectivity index (χ3n) is 5.94. The minimum absolute atomic E-state index is 0.0164. The Morgan fingerprint density at radius 2 is 1.90 bits per heavy atom. The molecule has 1 aliphatic heterocycles. The standard InChI is InChI=1S/C24H29N3O3/c28-23(25-14-13-18-9-3-1-4-10-18)21-22(30-17-26-21)19-11-5-6-12-20(19)24(29)27-15-7-2-8-16-27/h5-6,9,11-12,17H,1-4,7-8,10,13-16H2,(H,25,28). The van der Waals surface area contributed by atoms with Gasteiger partial charge in [0.05, 0.1) is 5.56 Å². The van der Waals surface area contributed by atoms with Crippen molar-refractivity contribution in [2.75, 3.05) is 19.6 Å². The van der Waals surface area contributed by atoms with E-state index in [9.17, 15) is 9.59 Å². The fraction of sp³-hybridized carbons (Fsp3) is 0.458. The molecule has 30 heavy (non-hydrogen) atoms. The molecule has 0 bridgehead atoms. The molecule has 0 saturated carbocycles. The summed E-state index contributed by atoms with van der Waals surface area (Å²) in [5.41, 5.74) is 2.81. The molecule has 2 aromatic rings. The molecule has 1 saturated heterocycles. The topological polar surface area (TPSA) is 75.4 Å². The van der Waals surface area contributed by atoms with Gasteiger partial charge in [0.25, 0.3) is 11.8 Å². The van der Waals surface area contributed by atoms with Crippen LogP contribution in [0.25, 0.3) is 11.3 Å². The Labute approximate surface area is 177 Å². The van der Waals surface area contributed by atoms with Gasteiger partial charge in [0, 0.05) is 25.2 Å². The number of hydrogen-bond donors (Lipinski definition) is 1. The Bertz CT molecular complexity index is 925. The van der Waals surface area contributed by atoms with Crippen molar-refractivity contribution in [1.29, 1.82) is 0 Å². The van der Waals surface area contributed by atoms with Crippen LogP contribution in [0.3, 0.4) is 0 Å². The number of benzene rings is 1. The van der Waals surface area contributed by atoms with E-state index in [0.29, 0.717) is 23.4 Å². The van der Waals surface area contributed by atoms with Gasteiger partial charge in [-0.3, -0.25) is 9.59 Å². The molecular weight excluding hydrogens is 378 g/mol. The van der Waals surface area contributed by atoms with Gasteiger partial charge >= 0.3 is 0 Å². The fourth-order valence-corrected chi connectivity index (χ4v) is 4.29. The SMILES string of the molecule is O=C(NCCC1=CCCCC1)c1ncoc1-c1ccccc1C(=O)N1CCCCC1. The summed E-state index contributed by atoms with van der Waals surface area (Å²) in [5.74, 6) is 0.0676. The number of allylic oxidation sites excluding steroid dienone is 1. The van der Waals surface area contributed by atoms with Crippen LogP contribution < -0.4 is 5.32 Å². The van der Waals surface area contributed by atoms with Crippen LogP contribution in [0.15, 0.2) is 46.7 Å². The molecule has 4 rings (SSSR count). The van der Waals surface area contributed by atoms with Gasteiger partial charge in [-0.05, 0) is 57.4 Å². The molecule has 158 valence electrons. The first-order chi connectivity index (χ1) is 14.7. The van der Waals surface area contributed by atoms with Gasteiger partial charge in [0.2, 0.25) is 0 Å². The molecule has 1 aromatic heterocycles. The van der Waals surface area contributed by atoms with E-state index in [1.165, 1.54) is 24.8 Å². The quantitative estimate of drug-likeness (QED) is 0.711. The lowest BCUT2D eigenvalue weighted by Gasteiger charge is -2.27. The molecule has 1 aliphatic carbocycles. The molecule has 0 unspecified atom stereocenters. The van der Waals surface area contributed by atoms with Gasteiger partial charge in [-0.2, -0.15) is 0 Å². The summed E-state index contributed by atoms with van der Waals surface area (Å²) < 4.78 is 5.59. The fourth-order valence-electron chi connectivity index (χ4n) is 4.29. The predicted octanol–water partition coefficient (Wildman–Crippen LogP) is 4.59. The van der Waals surface area contributed by atoms with E-state index in [2.05, 4.69) is 16.4 Å². The summed E-state index contributed by atoms with van der Waals surface area (Å²) in [4.78, 5) is 31.9. The third-order valence-corrected chi connectivity index (χ3v) is 5.94. The lowest BCUT2D eigenvalue weighted by Crippen LogP contribution is -2.35. The smallest absolute Gasteiger partial charge is 0.273 e. The van der Waals surface area contributed by atoms with Crippen molar-refractivity contribution in [3.63, 3.8) is 0 Å². The molecule has 2 heterocycles. The highest BCUT2D eigenvalue weighted by molar-refractivity contribution is 6.04. The largest absolute Gasteiger partial charge is 0.443 e. The lowest BCUT2D eigenvalue weighted by atomic mass is 9.97. The number of rotatable bonds is 6. The van der Waals surface area contributed by atoms with Crippen LogP contribution >= 0.6 is 0 Å². The molecule has 2 amide bonds. The Morgan fingerprint density at radius 3 is 2.70 bits per heavy atom. The number of nitrogens with one attached hydrogen (secondary N) is 1. The molecule has 0 spiro atoms. The molecule has 1 N–H and O–H groups in total. The average Bonchev–Trinajstić information content (AvgIpc) is 3.30. The third kappa shape index (κ3) is 4.64. The number of amides is 2. The van der Waals surface area contributed by atoms with E-state index in [0.717, 1.165) is 51.6 Å². The number of carbonyl (C=O) groups is 2. The summed E-state index contributed by atoms with van der Waals surface area (Å²) in [6.07, 6.45) is 12.4. The predicted molar refractivity (Wildman–Crippen MR) is 115 cm³/mol. The number of likely N-dealkylation sites (tertiary alicyclic amines) is 1. The second-order valence-electron chi connectivity index (χ2n) is 8.04. The second kappa shape index (κ2) is 9.74. The zero-order valence-electron chi connectivity index (χ0n) is 17.4. The molecule has 1 fully saturated rings. The van der Waals surface area contributed by atoms with Crippen LogP contribution in [-0.2, 0) is 0 Å². The van der Waals surface area contributed by atoms with Crippen molar-refractivity contribution in [3.8, 4) is 11.3 Å². The summed E-state index contributed by atoms with van der Waals surface area (Å²) in [6, 6.07) is 7.31. The van der Waals surface area contributed by atoms with Crippen molar-refractivity contribution in [3.05, 3.63) is 53.6 Å². The Hall–Kier alpha value is -2.89. The number of hydrogen-bond acceptors (Lipinski definition) is 4. The normalized spacial score (nSPS) is 16.8. The summed E-state index contributed by atoms with van der Waals surface area (Å²) in [6.45, 7) is 2.12. The van der Waals surface area contributed by atoms with Crippen molar-refractivity contribution in [2.24, 2.45) is 0 Å². The number of piperidine rings is 1. The van der Waals surface area contributed by atoms with Crippen LogP contribution in [0, 0.1) is 0 Å². The number of carbonyl (C=O) groups excluding carboxylic acids is 2. The van der Waals surface area contributed by atoms with Gasteiger partial charge in [-0.15, -0.1) is 0 Å². The van der Waals surface area contributed by atoms with Gasteiger partial charge in [-0.1, -0.05) is 29.8 Å². The highest BCUT2D eigenvalue weighted by Crippen LogP contribution is 2.28. The van der Waals surface area contributed by atoms with Crippen LogP contribution in [0.1, 0.15) is 72.2 Å². The van der Waals surface area contributed by atoms with Crippen LogP contribution in [0.2, 0.25) is 0 Å². The van der Waals surface area contributed by atoms with E-state index in [4.69, 9.17) is 4.42 Å². The highest BCUT2D eigenvalue weighted by atomic mass is 16.3. The van der Waals surface area contributed by atoms with Gasteiger partial charge in [0.1, 0.15) is 0 Å². The van der Waals surface area contributed by atoms with Crippen LogP contribution in [-0.4, -0.2) is 41.3 Å². The summed E-state index contributed by atoms with van der Waals surface area (Å²) >= 11 is 0. The van der Waals surface area contributed by atoms with Crippen molar-refractivity contribution in [2.45, 2.75) is 51.4 Å². The highest BCUT2D eigenvalue weighted by Gasteiger charge is 2.25. The molecule has 1 aromatic carbocycles. The maximum atomic E-state index is 13.1. The Kier molecular flexibility index (Phi) is 6.62. The van der Waals surface area contributed by atoms with Crippen LogP contribution in [0.4, 0.5) is 0 Å². The summed E-state index contributed by atoms with van der Waals surface area (Å²) in [5, 5.41) is 2.96. The van der Waals surface area contributed by atoms with E-state index in [1.807, 2.05) is 23.1 Å². The molecule has 0 radical (unpaired) electrons. The molecule has 6 heteroatoms.